The highest BCUT2D eigenvalue weighted by Crippen LogP contribution is 2.22. The van der Waals surface area contributed by atoms with Crippen LogP contribution in [0.5, 0.6) is 0 Å². The summed E-state index contributed by atoms with van der Waals surface area (Å²) in [6.45, 7) is 0. The molecule has 1 amide bonds. The Morgan fingerprint density at radius 2 is 1.88 bits per heavy atom. The summed E-state index contributed by atoms with van der Waals surface area (Å²) >= 11 is 1.10. The summed E-state index contributed by atoms with van der Waals surface area (Å²) in [5.41, 5.74) is 1.55. The third-order valence-corrected chi connectivity index (χ3v) is 6.73. The van der Waals surface area contributed by atoms with Crippen LogP contribution in [0.2, 0.25) is 0 Å². The summed E-state index contributed by atoms with van der Waals surface area (Å²) in [7, 11) is 0.938. The second kappa shape index (κ2) is 6.67. The molecule has 0 aliphatic carbocycles. The Morgan fingerprint density at radius 3 is 2.58 bits per heavy atom. The number of carbonyl (C=O) groups is 1. The first-order valence-corrected chi connectivity index (χ1v) is 9.89. The highest BCUT2D eigenvalue weighted by Gasteiger charge is 2.19. The Morgan fingerprint density at radius 1 is 1.15 bits per heavy atom. The first kappa shape index (κ1) is 18.3. The van der Waals surface area contributed by atoms with Crippen LogP contribution in [0, 0.1) is 0 Å². The number of aryl methyl sites for hydroxylation is 1. The number of thiazole rings is 1. The molecule has 26 heavy (non-hydrogen) atoms. The number of hydrogen-bond donors (Lipinski definition) is 1. The smallest absolute Gasteiger partial charge is 0.307 e. The van der Waals surface area contributed by atoms with Crippen LogP contribution in [0.4, 0.5) is 5.69 Å². The molecule has 1 heterocycles. The number of fused-ring (bicyclic) bond motifs is 1. The molecule has 7 nitrogen and oxygen atoms in total. The van der Waals surface area contributed by atoms with E-state index < -0.39 is 15.9 Å². The molecule has 0 aliphatic rings. The van der Waals surface area contributed by atoms with Crippen LogP contribution in [-0.2, 0) is 17.1 Å². The van der Waals surface area contributed by atoms with Crippen molar-refractivity contribution in [3.05, 3.63) is 57.7 Å². The van der Waals surface area contributed by atoms with Crippen LogP contribution in [0.1, 0.15) is 10.4 Å². The van der Waals surface area contributed by atoms with Gasteiger partial charge in [-0.2, -0.15) is 0 Å². The van der Waals surface area contributed by atoms with E-state index in [2.05, 4.69) is 5.32 Å². The number of amides is 1. The number of nitrogens with one attached hydrogen (secondary N) is 1. The van der Waals surface area contributed by atoms with Gasteiger partial charge in [-0.1, -0.05) is 17.4 Å². The monoisotopic (exact) mass is 391 g/mol. The van der Waals surface area contributed by atoms with Crippen molar-refractivity contribution in [1.29, 1.82) is 0 Å². The van der Waals surface area contributed by atoms with E-state index in [1.807, 2.05) is 0 Å². The molecule has 9 heteroatoms. The normalized spacial score (nSPS) is 11.8. The van der Waals surface area contributed by atoms with Crippen molar-refractivity contribution in [3.8, 4) is 0 Å². The second-order valence-electron chi connectivity index (χ2n) is 5.88. The van der Waals surface area contributed by atoms with E-state index in [-0.39, 0.29) is 15.3 Å². The van der Waals surface area contributed by atoms with Gasteiger partial charge >= 0.3 is 4.87 Å². The van der Waals surface area contributed by atoms with Crippen LogP contribution < -0.4 is 10.2 Å². The molecule has 0 aliphatic heterocycles. The highest BCUT2D eigenvalue weighted by atomic mass is 32.2. The maximum atomic E-state index is 12.5. The van der Waals surface area contributed by atoms with Gasteiger partial charge in [0.05, 0.1) is 15.1 Å². The summed E-state index contributed by atoms with van der Waals surface area (Å²) in [4.78, 5) is 24.2. The third-order valence-electron chi connectivity index (χ3n) is 3.92. The molecule has 0 saturated heterocycles. The topological polar surface area (TPSA) is 88.5 Å². The molecule has 1 aromatic heterocycles. The van der Waals surface area contributed by atoms with Crippen molar-refractivity contribution >= 4 is 43.2 Å². The van der Waals surface area contributed by atoms with Crippen molar-refractivity contribution in [3.63, 3.8) is 0 Å². The Hall–Kier alpha value is -2.49. The standard InChI is InChI=1S/C17H17N3O4S2/c1-19(2)26(23,24)13-6-4-5-11(9-13)16(21)18-12-7-8-14-15(10-12)25-17(22)20(14)3/h4-10H,1-3H3,(H,18,21). The highest BCUT2D eigenvalue weighted by molar-refractivity contribution is 7.89. The number of carbonyl (C=O) groups excluding carboxylic acids is 1. The predicted octanol–water partition coefficient (Wildman–Crippen LogP) is 2.10. The van der Waals surface area contributed by atoms with E-state index in [0.717, 1.165) is 25.9 Å². The van der Waals surface area contributed by atoms with Gasteiger partial charge in [-0.3, -0.25) is 9.59 Å². The minimum absolute atomic E-state index is 0.0480. The van der Waals surface area contributed by atoms with Crippen LogP contribution >= 0.6 is 11.3 Å². The van der Waals surface area contributed by atoms with Crippen LogP contribution in [0.3, 0.4) is 0 Å². The molecule has 3 rings (SSSR count). The molecule has 136 valence electrons. The third kappa shape index (κ3) is 3.28. The van der Waals surface area contributed by atoms with Gasteiger partial charge in [-0.25, -0.2) is 12.7 Å². The van der Waals surface area contributed by atoms with Crippen LogP contribution in [0.25, 0.3) is 10.2 Å². The Balaban J connectivity index is 1.90. The van der Waals surface area contributed by atoms with Crippen LogP contribution in [0.15, 0.2) is 52.2 Å². The van der Waals surface area contributed by atoms with Gasteiger partial charge in [0.15, 0.2) is 0 Å². The molecular formula is C17H17N3O4S2. The van der Waals surface area contributed by atoms with Gasteiger partial charge in [-0.05, 0) is 36.4 Å². The van der Waals surface area contributed by atoms with Crippen molar-refractivity contribution < 1.29 is 13.2 Å². The Bertz CT molecular complexity index is 1160. The van der Waals surface area contributed by atoms with Crippen molar-refractivity contribution in [2.75, 3.05) is 19.4 Å². The zero-order valence-corrected chi connectivity index (χ0v) is 16.0. The summed E-state index contributed by atoms with van der Waals surface area (Å²) in [5, 5.41) is 2.73. The molecule has 3 aromatic rings. The Kier molecular flexibility index (Phi) is 4.70. The van der Waals surface area contributed by atoms with E-state index in [0.29, 0.717) is 5.69 Å². The molecule has 0 bridgehead atoms. The van der Waals surface area contributed by atoms with Crippen molar-refractivity contribution in [1.82, 2.24) is 8.87 Å². The lowest BCUT2D eigenvalue weighted by Crippen LogP contribution is -2.22. The van der Waals surface area contributed by atoms with Gasteiger partial charge in [-0.15, -0.1) is 0 Å². The fraction of sp³-hybridized carbons (Fsp3) is 0.176. The number of aromatic nitrogens is 1. The summed E-state index contributed by atoms with van der Waals surface area (Å²) in [5.74, 6) is -0.427. The average Bonchev–Trinajstić information content (AvgIpc) is 2.88. The maximum Gasteiger partial charge on any atom is 0.307 e. The number of nitrogens with zero attached hydrogens (tertiary/aromatic N) is 2. The average molecular weight is 391 g/mol. The summed E-state index contributed by atoms with van der Waals surface area (Å²) in [6.07, 6.45) is 0. The zero-order valence-electron chi connectivity index (χ0n) is 14.4. The van der Waals surface area contributed by atoms with Gasteiger partial charge in [0.1, 0.15) is 0 Å². The molecule has 1 N–H and O–H groups in total. The quantitative estimate of drug-likeness (QED) is 0.738. The minimum atomic E-state index is -3.62. The number of sulfonamides is 1. The van der Waals surface area contributed by atoms with Gasteiger partial charge < -0.3 is 9.88 Å². The fourth-order valence-corrected chi connectivity index (χ4v) is 4.29. The molecule has 2 aromatic carbocycles. The number of hydrogen-bond acceptors (Lipinski definition) is 5. The molecule has 0 atom stereocenters. The number of anilines is 1. The van der Waals surface area contributed by atoms with Crippen molar-refractivity contribution in [2.45, 2.75) is 4.90 Å². The fourth-order valence-electron chi connectivity index (χ4n) is 2.42. The SMILES string of the molecule is CN(C)S(=O)(=O)c1cccc(C(=O)Nc2ccc3c(c2)sc(=O)n3C)c1. The number of rotatable bonds is 4. The zero-order chi connectivity index (χ0) is 19.1. The lowest BCUT2D eigenvalue weighted by molar-refractivity contribution is 0.102. The van der Waals surface area contributed by atoms with Gasteiger partial charge in [0.2, 0.25) is 10.0 Å². The summed E-state index contributed by atoms with van der Waals surface area (Å²) in [6, 6.07) is 11.0. The lowest BCUT2D eigenvalue weighted by atomic mass is 10.2. The molecule has 0 unspecified atom stereocenters. The predicted molar refractivity (Wildman–Crippen MR) is 102 cm³/mol. The second-order valence-corrected chi connectivity index (χ2v) is 9.02. The van der Waals surface area contributed by atoms with Gasteiger partial charge in [0, 0.05) is 32.4 Å². The molecule has 0 radical (unpaired) electrons. The number of benzene rings is 2. The van der Waals surface area contributed by atoms with E-state index in [1.165, 1.54) is 32.3 Å². The van der Waals surface area contributed by atoms with Gasteiger partial charge in [0.25, 0.3) is 5.91 Å². The van der Waals surface area contributed by atoms with E-state index in [9.17, 15) is 18.0 Å². The largest absolute Gasteiger partial charge is 0.322 e. The lowest BCUT2D eigenvalue weighted by Gasteiger charge is -2.12. The molecule has 0 spiro atoms. The molecule has 0 fully saturated rings. The first-order chi connectivity index (χ1) is 12.2. The minimum Gasteiger partial charge on any atom is -0.322 e. The summed E-state index contributed by atoms with van der Waals surface area (Å²) < 4.78 is 27.8. The van der Waals surface area contributed by atoms with E-state index in [1.54, 1.807) is 35.9 Å². The Labute approximate surface area is 154 Å². The van der Waals surface area contributed by atoms with E-state index in [4.69, 9.17) is 0 Å². The first-order valence-electron chi connectivity index (χ1n) is 7.63. The van der Waals surface area contributed by atoms with Crippen LogP contribution in [-0.4, -0.2) is 37.3 Å². The van der Waals surface area contributed by atoms with E-state index >= 15 is 0 Å². The molecule has 0 saturated carbocycles. The maximum absolute atomic E-state index is 12.5. The molecular weight excluding hydrogens is 374 g/mol. The van der Waals surface area contributed by atoms with Crippen molar-refractivity contribution in [2.24, 2.45) is 7.05 Å².